The number of carbonyl (C=O) groups is 2. The van der Waals surface area contributed by atoms with Crippen molar-refractivity contribution in [2.45, 2.75) is 6.92 Å². The monoisotopic (exact) mass is 436 g/mol. The fourth-order valence-corrected chi connectivity index (χ4v) is 2.64. The average Bonchev–Trinajstić information content (AvgIpc) is 2.66. The fraction of sp³-hybridized carbons (Fsp3) is 0.263. The van der Waals surface area contributed by atoms with Crippen LogP contribution < -0.4 is 20.3 Å². The van der Waals surface area contributed by atoms with Gasteiger partial charge < -0.3 is 14.2 Å². The number of ether oxygens (including phenoxy) is 3. The first-order valence-electron chi connectivity index (χ1n) is 8.20. The highest BCUT2D eigenvalue weighted by Gasteiger charge is 2.13. The predicted octanol–water partition coefficient (Wildman–Crippen LogP) is 2.62. The van der Waals surface area contributed by atoms with Crippen molar-refractivity contribution in [1.29, 1.82) is 0 Å². The minimum Gasteiger partial charge on any atom is -0.490 e. The quantitative estimate of drug-likeness (QED) is 0.490. The van der Waals surface area contributed by atoms with Gasteiger partial charge in [-0.25, -0.2) is 0 Å². The molecule has 0 aromatic heterocycles. The van der Waals surface area contributed by atoms with Crippen LogP contribution in [0, 0.1) is 6.92 Å². The molecule has 0 radical (unpaired) electrons. The molecule has 2 amide bonds. The number of halogens is 1. The van der Waals surface area contributed by atoms with Gasteiger partial charge in [0.1, 0.15) is 18.1 Å². The van der Waals surface area contributed by atoms with Gasteiger partial charge in [0.15, 0.2) is 6.61 Å². The molecule has 2 N–H and O–H groups in total. The van der Waals surface area contributed by atoms with Crippen molar-refractivity contribution in [2.24, 2.45) is 0 Å². The second kappa shape index (κ2) is 10.5. The lowest BCUT2D eigenvalue weighted by Gasteiger charge is -2.13. The van der Waals surface area contributed by atoms with Crippen LogP contribution in [0.25, 0.3) is 0 Å². The van der Waals surface area contributed by atoms with E-state index in [1.54, 1.807) is 37.4 Å². The number of methoxy groups -OCH3 is 1. The molecule has 0 bridgehead atoms. The number of amides is 2. The first-order valence-corrected chi connectivity index (χ1v) is 8.99. The Bertz CT molecular complexity index is 797. The van der Waals surface area contributed by atoms with Crippen molar-refractivity contribution in [3.05, 3.63) is 58.1 Å². The van der Waals surface area contributed by atoms with Gasteiger partial charge in [-0.3, -0.25) is 20.4 Å². The minimum absolute atomic E-state index is 0.227. The summed E-state index contributed by atoms with van der Waals surface area (Å²) in [6.07, 6.45) is 0. The number of aryl methyl sites for hydroxylation is 1. The van der Waals surface area contributed by atoms with E-state index < -0.39 is 11.8 Å². The first-order chi connectivity index (χ1) is 13.0. The van der Waals surface area contributed by atoms with Gasteiger partial charge >= 0.3 is 0 Å². The van der Waals surface area contributed by atoms with E-state index in [4.69, 9.17) is 14.2 Å². The predicted molar refractivity (Wildman–Crippen MR) is 104 cm³/mol. The highest BCUT2D eigenvalue weighted by molar-refractivity contribution is 9.10. The molecule has 2 rings (SSSR count). The van der Waals surface area contributed by atoms with Crippen LogP contribution in [-0.4, -0.2) is 38.7 Å². The molecule has 144 valence electrons. The normalized spacial score (nSPS) is 10.2. The maximum atomic E-state index is 12.3. The maximum absolute atomic E-state index is 12.3. The van der Waals surface area contributed by atoms with Gasteiger partial charge in [-0.15, -0.1) is 0 Å². The van der Waals surface area contributed by atoms with Crippen LogP contribution in [0.1, 0.15) is 15.9 Å². The Morgan fingerprint density at radius 3 is 2.52 bits per heavy atom. The van der Waals surface area contributed by atoms with E-state index in [1.807, 2.05) is 19.1 Å². The van der Waals surface area contributed by atoms with E-state index in [-0.39, 0.29) is 6.61 Å². The number of hydrogen-bond acceptors (Lipinski definition) is 5. The van der Waals surface area contributed by atoms with Gasteiger partial charge in [-0.2, -0.15) is 0 Å². The molecule has 8 heteroatoms. The lowest BCUT2D eigenvalue weighted by atomic mass is 10.2. The summed E-state index contributed by atoms with van der Waals surface area (Å²) in [5, 5.41) is 0. The maximum Gasteiger partial charge on any atom is 0.276 e. The largest absolute Gasteiger partial charge is 0.490 e. The third-order valence-corrected chi connectivity index (χ3v) is 3.98. The summed E-state index contributed by atoms with van der Waals surface area (Å²) in [6, 6.07) is 12.2. The SMILES string of the molecule is COCCOc1ccccc1C(=O)NNC(=O)COc1ccc(Br)cc1C. The van der Waals surface area contributed by atoms with Gasteiger partial charge in [0, 0.05) is 11.6 Å². The molecule has 2 aromatic rings. The van der Waals surface area contributed by atoms with Crippen molar-refractivity contribution >= 4 is 27.7 Å². The molecular weight excluding hydrogens is 416 g/mol. The van der Waals surface area contributed by atoms with Crippen LogP contribution in [0.4, 0.5) is 0 Å². The molecule has 7 nitrogen and oxygen atoms in total. The smallest absolute Gasteiger partial charge is 0.276 e. The summed E-state index contributed by atoms with van der Waals surface area (Å²) >= 11 is 3.37. The topological polar surface area (TPSA) is 85.9 Å². The summed E-state index contributed by atoms with van der Waals surface area (Å²) in [4.78, 5) is 24.2. The van der Waals surface area contributed by atoms with E-state index in [0.29, 0.717) is 30.3 Å². The molecule has 0 atom stereocenters. The Hall–Kier alpha value is -2.58. The molecule has 0 aliphatic heterocycles. The zero-order valence-electron chi connectivity index (χ0n) is 15.1. The number of hydrogen-bond donors (Lipinski definition) is 2. The highest BCUT2D eigenvalue weighted by Crippen LogP contribution is 2.22. The van der Waals surface area contributed by atoms with Crippen molar-refractivity contribution in [2.75, 3.05) is 26.9 Å². The van der Waals surface area contributed by atoms with E-state index >= 15 is 0 Å². The summed E-state index contributed by atoms with van der Waals surface area (Å²) in [6.45, 7) is 2.36. The second-order valence-corrected chi connectivity index (χ2v) is 6.45. The van der Waals surface area contributed by atoms with E-state index in [0.717, 1.165) is 10.0 Å². The third kappa shape index (κ3) is 6.58. The molecule has 0 spiro atoms. The highest BCUT2D eigenvalue weighted by atomic mass is 79.9. The Kier molecular flexibility index (Phi) is 8.09. The molecule has 2 aromatic carbocycles. The summed E-state index contributed by atoms with van der Waals surface area (Å²) in [7, 11) is 1.56. The van der Waals surface area contributed by atoms with Crippen LogP contribution >= 0.6 is 15.9 Å². The number of carbonyl (C=O) groups excluding carboxylic acids is 2. The van der Waals surface area contributed by atoms with Crippen molar-refractivity contribution < 1.29 is 23.8 Å². The van der Waals surface area contributed by atoms with Crippen LogP contribution in [0.5, 0.6) is 11.5 Å². The van der Waals surface area contributed by atoms with Gasteiger partial charge in [-0.05, 0) is 42.8 Å². The van der Waals surface area contributed by atoms with Gasteiger partial charge in [0.25, 0.3) is 11.8 Å². The molecule has 0 saturated carbocycles. The first kappa shape index (κ1) is 20.7. The Morgan fingerprint density at radius 1 is 1.00 bits per heavy atom. The van der Waals surface area contributed by atoms with E-state index in [9.17, 15) is 9.59 Å². The molecule has 0 aliphatic carbocycles. The zero-order chi connectivity index (χ0) is 19.6. The molecule has 0 unspecified atom stereocenters. The number of nitrogens with one attached hydrogen (secondary N) is 2. The molecule has 0 heterocycles. The number of hydrazine groups is 1. The van der Waals surface area contributed by atoms with E-state index in [2.05, 4.69) is 26.8 Å². The molecular formula is C19H21BrN2O5. The van der Waals surface area contributed by atoms with Crippen molar-refractivity contribution in [3.63, 3.8) is 0 Å². The van der Waals surface area contributed by atoms with E-state index in [1.165, 1.54) is 0 Å². The Labute approximate surface area is 166 Å². The van der Waals surface area contributed by atoms with Gasteiger partial charge in [0.05, 0.1) is 12.2 Å². The number of rotatable bonds is 8. The second-order valence-electron chi connectivity index (χ2n) is 5.54. The van der Waals surface area contributed by atoms with Crippen LogP contribution in [0.3, 0.4) is 0 Å². The van der Waals surface area contributed by atoms with Gasteiger partial charge in [-0.1, -0.05) is 28.1 Å². The van der Waals surface area contributed by atoms with Crippen LogP contribution in [0.2, 0.25) is 0 Å². The fourth-order valence-electron chi connectivity index (χ4n) is 2.16. The van der Waals surface area contributed by atoms with Crippen LogP contribution in [-0.2, 0) is 9.53 Å². The standard InChI is InChI=1S/C19H21BrN2O5/c1-13-11-14(20)7-8-16(13)27-12-18(23)21-22-19(24)15-5-3-4-6-17(15)26-10-9-25-2/h3-8,11H,9-10,12H2,1-2H3,(H,21,23)(H,22,24). The number of para-hydroxylation sites is 1. The molecule has 27 heavy (non-hydrogen) atoms. The summed E-state index contributed by atoms with van der Waals surface area (Å²) in [5.74, 6) is 0.0271. The third-order valence-electron chi connectivity index (χ3n) is 3.49. The summed E-state index contributed by atoms with van der Waals surface area (Å²) < 4.78 is 16.8. The molecule has 0 aliphatic rings. The van der Waals surface area contributed by atoms with Crippen LogP contribution in [0.15, 0.2) is 46.9 Å². The average molecular weight is 437 g/mol. The Morgan fingerprint density at radius 2 is 1.78 bits per heavy atom. The molecule has 0 saturated heterocycles. The number of benzene rings is 2. The summed E-state index contributed by atoms with van der Waals surface area (Å²) in [5.41, 5.74) is 5.87. The Balaban J connectivity index is 1.85. The van der Waals surface area contributed by atoms with Gasteiger partial charge in [0.2, 0.25) is 0 Å². The zero-order valence-corrected chi connectivity index (χ0v) is 16.7. The molecule has 0 fully saturated rings. The lowest BCUT2D eigenvalue weighted by molar-refractivity contribution is -0.123. The minimum atomic E-state index is -0.490. The van der Waals surface area contributed by atoms with Crippen molar-refractivity contribution in [3.8, 4) is 11.5 Å². The van der Waals surface area contributed by atoms with Crippen molar-refractivity contribution in [1.82, 2.24) is 10.9 Å². The lowest BCUT2D eigenvalue weighted by Crippen LogP contribution is -2.44.